The molecule has 0 aromatic carbocycles. The molecular weight excluding hydrogens is 242 g/mol. The van der Waals surface area contributed by atoms with Crippen LogP contribution in [0.25, 0.3) is 0 Å². The second kappa shape index (κ2) is 5.59. The van der Waals surface area contributed by atoms with E-state index in [4.69, 9.17) is 10.5 Å². The summed E-state index contributed by atoms with van der Waals surface area (Å²) >= 11 is 0. The minimum atomic E-state index is 0.183. The highest BCUT2D eigenvalue weighted by Crippen LogP contribution is 2.31. The summed E-state index contributed by atoms with van der Waals surface area (Å²) in [5, 5.41) is 0. The van der Waals surface area contributed by atoms with Crippen LogP contribution in [0.1, 0.15) is 33.1 Å². The molecule has 0 aliphatic heterocycles. The number of nitrogens with two attached hydrogens (primary N) is 1. The number of hydrogen-bond donors (Lipinski definition) is 1. The molecule has 1 saturated carbocycles. The quantitative estimate of drug-likeness (QED) is 0.896. The first-order chi connectivity index (χ1) is 8.95. The van der Waals surface area contributed by atoms with Gasteiger partial charge in [0.15, 0.2) is 0 Å². The van der Waals surface area contributed by atoms with Gasteiger partial charge in [-0.1, -0.05) is 13.8 Å². The third kappa shape index (κ3) is 3.45. The number of nitrogen functional groups attached to an aromatic ring is 1. The molecule has 1 aliphatic rings. The van der Waals surface area contributed by atoms with Crippen LogP contribution in [0, 0.1) is 11.8 Å². The molecule has 1 fully saturated rings. The largest absolute Gasteiger partial charge is 0.460 e. The number of rotatable bonds is 3. The molecule has 3 unspecified atom stereocenters. The van der Waals surface area contributed by atoms with E-state index < -0.39 is 0 Å². The fraction of sp³-hybridized carbons (Fsp3) is 0.769. The molecule has 0 saturated heterocycles. The molecule has 0 radical (unpaired) electrons. The van der Waals surface area contributed by atoms with Gasteiger partial charge in [-0.15, -0.1) is 0 Å². The van der Waals surface area contributed by atoms with Crippen molar-refractivity contribution >= 4 is 11.9 Å². The first kappa shape index (κ1) is 13.8. The van der Waals surface area contributed by atoms with E-state index in [-0.39, 0.29) is 12.1 Å². The van der Waals surface area contributed by atoms with Gasteiger partial charge in [-0.05, 0) is 31.1 Å². The number of hydrogen-bond acceptors (Lipinski definition) is 6. The van der Waals surface area contributed by atoms with Gasteiger partial charge in [-0.3, -0.25) is 0 Å². The Morgan fingerprint density at radius 3 is 2.47 bits per heavy atom. The van der Waals surface area contributed by atoms with Crippen LogP contribution in [-0.2, 0) is 0 Å². The van der Waals surface area contributed by atoms with E-state index in [1.165, 1.54) is 6.42 Å². The van der Waals surface area contributed by atoms with Gasteiger partial charge in [0, 0.05) is 14.1 Å². The molecule has 0 amide bonds. The number of ether oxygens (including phenoxy) is 1. The Kier molecular flexibility index (Phi) is 4.07. The molecule has 2 rings (SSSR count). The van der Waals surface area contributed by atoms with Gasteiger partial charge in [0.05, 0.1) is 0 Å². The highest BCUT2D eigenvalue weighted by Gasteiger charge is 2.26. The topological polar surface area (TPSA) is 77.2 Å². The SMILES string of the molecule is CC1CCC(Oc2nc(N)nc(N(C)C)n2)CC1C. The van der Waals surface area contributed by atoms with Gasteiger partial charge in [-0.2, -0.15) is 15.0 Å². The Hall–Kier alpha value is -1.59. The lowest BCUT2D eigenvalue weighted by atomic mass is 9.80. The lowest BCUT2D eigenvalue weighted by Gasteiger charge is -2.31. The van der Waals surface area contributed by atoms with Crippen LogP contribution >= 0.6 is 0 Å². The Balaban J connectivity index is 2.07. The fourth-order valence-electron chi connectivity index (χ4n) is 2.37. The summed E-state index contributed by atoms with van der Waals surface area (Å²) in [7, 11) is 3.73. The van der Waals surface area contributed by atoms with E-state index in [9.17, 15) is 0 Å². The number of nitrogens with zero attached hydrogens (tertiary/aromatic N) is 4. The highest BCUT2D eigenvalue weighted by atomic mass is 16.5. The maximum atomic E-state index is 5.88. The summed E-state index contributed by atoms with van der Waals surface area (Å²) < 4.78 is 5.88. The van der Waals surface area contributed by atoms with Gasteiger partial charge in [0.1, 0.15) is 6.10 Å². The van der Waals surface area contributed by atoms with Gasteiger partial charge < -0.3 is 15.4 Å². The average Bonchev–Trinajstić information content (AvgIpc) is 2.33. The third-order valence-electron chi connectivity index (χ3n) is 3.84. The zero-order chi connectivity index (χ0) is 14.0. The monoisotopic (exact) mass is 265 g/mol. The first-order valence-corrected chi connectivity index (χ1v) is 6.81. The number of anilines is 2. The van der Waals surface area contributed by atoms with Gasteiger partial charge >= 0.3 is 6.01 Å². The van der Waals surface area contributed by atoms with Crippen LogP contribution in [0.15, 0.2) is 0 Å². The zero-order valence-electron chi connectivity index (χ0n) is 12.1. The Labute approximate surface area is 114 Å². The van der Waals surface area contributed by atoms with Gasteiger partial charge in [0.25, 0.3) is 0 Å². The molecule has 1 aromatic heterocycles. The summed E-state index contributed by atoms with van der Waals surface area (Å²) in [5.74, 6) is 2.16. The third-order valence-corrected chi connectivity index (χ3v) is 3.84. The molecule has 106 valence electrons. The average molecular weight is 265 g/mol. The fourth-order valence-corrected chi connectivity index (χ4v) is 2.37. The van der Waals surface area contributed by atoms with E-state index >= 15 is 0 Å². The van der Waals surface area contributed by atoms with Crippen LogP contribution in [0.4, 0.5) is 11.9 Å². The highest BCUT2D eigenvalue weighted by molar-refractivity contribution is 5.33. The minimum absolute atomic E-state index is 0.183. The smallest absolute Gasteiger partial charge is 0.323 e. The van der Waals surface area contributed by atoms with Crippen molar-refractivity contribution in [3.05, 3.63) is 0 Å². The van der Waals surface area contributed by atoms with Crippen LogP contribution in [0.2, 0.25) is 0 Å². The van der Waals surface area contributed by atoms with Crippen molar-refractivity contribution in [1.29, 1.82) is 0 Å². The molecule has 3 atom stereocenters. The van der Waals surface area contributed by atoms with Crippen LogP contribution < -0.4 is 15.4 Å². The summed E-state index contributed by atoms with van der Waals surface area (Å²) in [6.45, 7) is 4.57. The Morgan fingerprint density at radius 2 is 1.84 bits per heavy atom. The summed E-state index contributed by atoms with van der Waals surface area (Å²) in [6, 6.07) is 0.336. The van der Waals surface area contributed by atoms with Crippen molar-refractivity contribution in [3.8, 4) is 6.01 Å². The van der Waals surface area contributed by atoms with Crippen LogP contribution in [0.5, 0.6) is 6.01 Å². The molecular formula is C13H23N5O. The van der Waals surface area contributed by atoms with Crippen molar-refractivity contribution in [2.45, 2.75) is 39.2 Å². The van der Waals surface area contributed by atoms with Crippen molar-refractivity contribution in [3.63, 3.8) is 0 Å². The molecule has 0 spiro atoms. The van der Waals surface area contributed by atoms with Crippen molar-refractivity contribution in [1.82, 2.24) is 15.0 Å². The molecule has 19 heavy (non-hydrogen) atoms. The van der Waals surface area contributed by atoms with Gasteiger partial charge in [0.2, 0.25) is 11.9 Å². The lowest BCUT2D eigenvalue weighted by molar-refractivity contribution is 0.0920. The van der Waals surface area contributed by atoms with Crippen molar-refractivity contribution < 1.29 is 4.74 Å². The summed E-state index contributed by atoms with van der Waals surface area (Å²) in [4.78, 5) is 14.2. The van der Waals surface area contributed by atoms with Crippen molar-refractivity contribution in [2.75, 3.05) is 24.7 Å². The van der Waals surface area contributed by atoms with E-state index in [1.54, 1.807) is 4.90 Å². The zero-order valence-corrected chi connectivity index (χ0v) is 12.1. The van der Waals surface area contributed by atoms with Crippen molar-refractivity contribution in [2.24, 2.45) is 11.8 Å². The second-order valence-electron chi connectivity index (χ2n) is 5.68. The molecule has 1 heterocycles. The van der Waals surface area contributed by atoms with Crippen LogP contribution in [0.3, 0.4) is 0 Å². The predicted molar refractivity (Wildman–Crippen MR) is 75.2 cm³/mol. The molecule has 6 heteroatoms. The predicted octanol–water partition coefficient (Wildman–Crippen LogP) is 1.72. The second-order valence-corrected chi connectivity index (χ2v) is 5.68. The standard InChI is InChI=1S/C13H23N5O/c1-8-5-6-10(7-9(8)2)19-13-16-11(14)15-12(17-13)18(3)4/h8-10H,5-7H2,1-4H3,(H2,14,15,16,17). The lowest BCUT2D eigenvalue weighted by Crippen LogP contribution is -2.29. The number of aromatic nitrogens is 3. The minimum Gasteiger partial charge on any atom is -0.460 e. The van der Waals surface area contributed by atoms with E-state index in [2.05, 4.69) is 28.8 Å². The molecule has 1 aliphatic carbocycles. The van der Waals surface area contributed by atoms with E-state index in [1.807, 2.05) is 14.1 Å². The maximum Gasteiger partial charge on any atom is 0.323 e. The summed E-state index contributed by atoms with van der Waals surface area (Å²) in [5.41, 5.74) is 5.68. The normalized spacial score (nSPS) is 27.1. The van der Waals surface area contributed by atoms with E-state index in [0.717, 1.165) is 18.8 Å². The summed E-state index contributed by atoms with van der Waals surface area (Å²) in [6.07, 6.45) is 3.47. The Bertz CT molecular complexity index is 437. The molecule has 6 nitrogen and oxygen atoms in total. The first-order valence-electron chi connectivity index (χ1n) is 6.81. The molecule has 2 N–H and O–H groups in total. The van der Waals surface area contributed by atoms with E-state index in [0.29, 0.717) is 17.9 Å². The van der Waals surface area contributed by atoms with Gasteiger partial charge in [-0.25, -0.2) is 0 Å². The maximum absolute atomic E-state index is 5.88. The molecule has 0 bridgehead atoms. The molecule has 1 aromatic rings. The van der Waals surface area contributed by atoms with Crippen LogP contribution in [-0.4, -0.2) is 35.2 Å². The Morgan fingerprint density at radius 1 is 1.11 bits per heavy atom.